The number of phenolic OH excluding ortho intramolecular Hbond substituents is 1. The largest absolute Gasteiger partial charge is 0.506 e. The van der Waals surface area contributed by atoms with Gasteiger partial charge in [-0.05, 0) is 50.2 Å². The average Bonchev–Trinajstić information content (AvgIpc) is 1.42. The third-order valence-electron chi connectivity index (χ3n) is 8.24. The summed E-state index contributed by atoms with van der Waals surface area (Å²) in [5.74, 6) is -0.147. The Morgan fingerprint density at radius 2 is 0.464 bits per heavy atom. The molecule has 0 aliphatic rings. The summed E-state index contributed by atoms with van der Waals surface area (Å²) in [5.41, 5.74) is 5.95. The number of halogens is 107. The van der Waals surface area contributed by atoms with E-state index in [0.29, 0.717) is 43.6 Å². The van der Waals surface area contributed by atoms with E-state index in [9.17, 15) is 8.78 Å². The van der Waals surface area contributed by atoms with Crippen LogP contribution in [0.1, 0.15) is 25.0 Å². The van der Waals surface area contributed by atoms with Gasteiger partial charge in [-0.25, -0.2) is 8.78 Å². The second-order valence-corrected chi connectivity index (χ2v) is 2470. The predicted octanol–water partition coefficient (Wildman–Crippen LogP) is 94.4. The Bertz CT molecular complexity index is 4060. The molecular weight excluding hydrogens is 13800 g/mol. The Morgan fingerprint density at radius 1 is 0.286 bits per heavy atom. The SMILES string of the molecule is CCOc1cccc(F)c1C#N.CCOc1cccc2onc(N)c12.II(I)I(I)I(I)I(I)I(I)I(I)I(I)I(I)I(I)I(I)I(I)I(I)I(I)I(I)I(I)I(I)I(I)I(I)I(I)I(I)I(I)I(I)I(I)I(I)I(I)I.I[I-]I(I)I(I)I(I)I(I)I(I)I(I)I(I)I(I)I(I)I(I)I(I)I(I)I(I)I(I)I(I)I(I)I(I)I(I)I(I)I(I)I(I)I(I)I(I)I(I)I(I)I.N#Cc1c(O)cccc1F. The molecule has 0 saturated carbocycles. The number of hydrogen-bond acceptors (Lipinski definition) is 8. The number of hydrogen-bond donors (Lipinski definition) is 2. The van der Waals surface area contributed by atoms with E-state index in [-0.39, 0.29) is 16.9 Å². The van der Waals surface area contributed by atoms with Crippen LogP contribution in [0, 0.1) is 34.3 Å². The Kier molecular flexibility index (Phi) is 193. The van der Waals surface area contributed by atoms with E-state index in [0.717, 1.165) is 17.2 Å². The molecule has 0 unspecified atom stereocenters. The van der Waals surface area contributed by atoms with Crippen LogP contribution in [0.3, 0.4) is 0 Å². The van der Waals surface area contributed by atoms with Gasteiger partial charge >= 0.3 is 1410 Å². The minimum atomic E-state index is -0.692. The van der Waals surface area contributed by atoms with Gasteiger partial charge in [-0.3, -0.25) is 0 Å². The average molecular weight is 13800 g/mol. The maximum atomic E-state index is 12.9. The van der Waals surface area contributed by atoms with Gasteiger partial charge in [0.05, 0.1) is 13.2 Å². The van der Waals surface area contributed by atoms with E-state index >= 15 is 0 Å². The molecule has 8 nitrogen and oxygen atoms in total. The summed E-state index contributed by atoms with van der Waals surface area (Å²) in [5, 5.41) is 30.0. The van der Waals surface area contributed by atoms with Crippen molar-refractivity contribution in [2.75, 3.05) is 18.9 Å². The van der Waals surface area contributed by atoms with E-state index in [2.05, 4.69) is 1010 Å². The maximum Gasteiger partial charge on any atom is 0.144 e. The van der Waals surface area contributed by atoms with E-state index in [1.807, 2.05) is 19.1 Å². The van der Waals surface area contributed by atoms with Gasteiger partial charge in [-0.2, -0.15) is 10.5 Å². The van der Waals surface area contributed by atoms with E-state index in [4.69, 9.17) is 35.4 Å². The topological polar surface area (TPSA) is 138 Å². The van der Waals surface area contributed by atoms with Crippen molar-refractivity contribution in [1.29, 1.82) is 10.5 Å². The molecule has 3 N–H and O–H groups in total. The van der Waals surface area contributed by atoms with Gasteiger partial charge in [0.1, 0.15) is 57.5 Å². The van der Waals surface area contributed by atoms with Crippen molar-refractivity contribution in [1.82, 2.24) is 5.16 Å². The minimum absolute atomic E-state index is 0.0284. The summed E-state index contributed by atoms with van der Waals surface area (Å²) in [4.78, 5) is 0. The second kappa shape index (κ2) is 127. The number of benzene rings is 3. The van der Waals surface area contributed by atoms with Crippen molar-refractivity contribution in [3.05, 3.63) is 77.4 Å². The molecule has 0 bridgehead atoms. The van der Waals surface area contributed by atoms with Gasteiger partial charge in [-0.1, -0.05) is 23.4 Å². The Balaban J connectivity index is 0.00000203. The summed E-state index contributed by atoms with van der Waals surface area (Å²) in [6.07, 6.45) is 0. The molecule has 0 atom stereocenters. The van der Waals surface area contributed by atoms with Crippen LogP contribution in [0.15, 0.2) is 59.1 Å². The minimum Gasteiger partial charge on any atom is -0.506 e. The predicted molar refractivity (Wildman–Crippen MR) is 1580 cm³/mol. The molecule has 0 fully saturated rings. The van der Waals surface area contributed by atoms with Crippen LogP contribution in [0.4, 0.5) is 14.6 Å². The van der Waals surface area contributed by atoms with Gasteiger partial charge in [0.2, 0.25) is 0 Å². The number of nitrogens with two attached hydrogens (primary N) is 1. The first-order valence-electron chi connectivity index (χ1n) is 25.0. The van der Waals surface area contributed by atoms with Crippen LogP contribution in [0.25, 0.3) is 11.0 Å². The molecule has 4 rings (SSSR count). The number of nitrogens with zero attached hydrogens (tertiary/aromatic N) is 3. The first-order chi connectivity index (χ1) is 64.6. The van der Waals surface area contributed by atoms with Crippen molar-refractivity contribution in [3.8, 4) is 29.4 Å². The number of rotatable bonds is 53. The maximum absolute atomic E-state index is 12.9. The zero-order valence-corrected chi connectivity index (χ0v) is 285. The van der Waals surface area contributed by atoms with E-state index in [1.54, 1.807) is 25.1 Å². The number of anilines is 1. The van der Waals surface area contributed by atoms with Gasteiger partial charge in [0, 0.05) is 0 Å². The molecule has 1 aromatic heterocycles. The molecule has 0 radical (unpaired) electrons. The zero-order valence-electron chi connectivity index (χ0n) is 58.6. The van der Waals surface area contributed by atoms with Crippen LogP contribution in [0.5, 0.6) is 17.2 Å². The molecular formula is C25H22F2I105N4O4-. The molecule has 3 aromatic carbocycles. The van der Waals surface area contributed by atoms with Gasteiger partial charge < -0.3 is 24.8 Å². The Hall–Kier alpha value is 71.8. The molecule has 0 aliphatic carbocycles. The van der Waals surface area contributed by atoms with E-state index in [1.165, 1.54) is 30.3 Å². The molecule has 916 valence electrons. The van der Waals surface area contributed by atoms with Gasteiger partial charge in [0.25, 0.3) is 0 Å². The number of phenols is 1. The van der Waals surface area contributed by atoms with Crippen LogP contribution >= 0.6 is 1400 Å². The third kappa shape index (κ3) is 85.7. The monoisotopic (exact) mass is 13800 g/mol. The fraction of sp³-hybridized carbons (Fsp3) is 0.160. The number of aromatic hydroxyl groups is 1. The standard InChI is InChI=1S/C9H8FNO.C9H10N2O2.C7H4FNO.I53.I52/c1-2-12-9-5-3-4-8(10)7(9)6-11;1-2-12-6-4-3-5-7-8(6)9(10)11-13-7;8-6-2-1-3-7(10)5(6)4-9;1-28-30(4)32(6)34(8)36(10)38(12)40(14)42(16)44(18)46(20)48(22)50(24)52(26)53(27)51(25)49(23)47(21)45(19)43(17)41(15)39(13)37(11)35(9)33(7)31(5)29(2)3;1-28(2)30(5)32(7)34(9)36(11)38(13)40(15)42(17)44(19)46(21)48(23)50(25)52(27)51(26)49(24)47(22)45(20)43(18)41(16)39(14)37(12)35(10)33(8)31(6)29(3)4/h3-5H,2H2,1H3;3-5H,2H2,1H3,(H2,10,11);1-3,10H;;/q;;;-1;. The van der Waals surface area contributed by atoms with Crippen molar-refractivity contribution in [2.24, 2.45) is 0 Å². The first kappa shape index (κ1) is 212. The summed E-state index contributed by atoms with van der Waals surface area (Å²) in [7, 11) is -26.8. The smallest absolute Gasteiger partial charge is 0.144 e. The molecule has 4 aromatic rings. The quantitative estimate of drug-likeness (QED) is 0.0417. The van der Waals surface area contributed by atoms with E-state index < -0.39 is 406 Å². The second-order valence-electron chi connectivity index (χ2n) is 14.7. The number of nitriles is 2. The van der Waals surface area contributed by atoms with Crippen LogP contribution < -0.4 is 28.5 Å². The fourth-order valence-electron chi connectivity index (χ4n) is 4.21. The van der Waals surface area contributed by atoms with Gasteiger partial charge in [-0.15, -0.1) is 0 Å². The van der Waals surface area contributed by atoms with Crippen molar-refractivity contribution < 1.29 is 41.1 Å². The summed E-state index contributed by atoms with van der Waals surface area (Å²) < 4.78 is 40.7. The van der Waals surface area contributed by atoms with Gasteiger partial charge in [0.15, 0.2) is 11.4 Å². The Morgan fingerprint density at radius 3 is 0.650 bits per heavy atom. The fourth-order valence-corrected chi connectivity index (χ4v) is 19500. The molecule has 0 amide bonds. The van der Waals surface area contributed by atoms with Crippen LogP contribution in [-0.2, 0) is 0 Å². The number of aromatic nitrogens is 1. The first-order valence-corrected chi connectivity index (χ1v) is 672. The van der Waals surface area contributed by atoms with Crippen molar-refractivity contribution in [2.45, 2.75) is 13.8 Å². The Labute approximate surface area is 1530 Å². The third-order valence-corrected chi connectivity index (χ3v) is 8020. The molecule has 0 saturated heterocycles. The van der Waals surface area contributed by atoms with Crippen LogP contribution in [-0.4, -0.2) is 23.5 Å². The number of fused-ring (bicyclic) bond motifs is 1. The summed E-state index contributed by atoms with van der Waals surface area (Å²) >= 11 is 178. The molecule has 1 heterocycles. The van der Waals surface area contributed by atoms with Crippen molar-refractivity contribution in [3.63, 3.8) is 0 Å². The number of ether oxygens (including phenoxy) is 2. The summed E-state index contributed by atoms with van der Waals surface area (Å²) in [6, 6.07) is 16.8. The molecule has 0 spiro atoms. The molecule has 0 aliphatic heterocycles. The van der Waals surface area contributed by atoms with Crippen LogP contribution in [0.2, 0.25) is 0 Å². The normalized spacial score (nSPS) is 16.5. The van der Waals surface area contributed by atoms with Crippen molar-refractivity contribution >= 4 is 1420 Å². The summed E-state index contributed by atoms with van der Waals surface area (Å²) in [6.45, 7) is 4.73. The molecule has 115 heteroatoms. The molecule has 140 heavy (non-hydrogen) atoms. The number of nitrogen functional groups attached to an aromatic ring is 1. The zero-order chi connectivity index (χ0) is 109.